The minimum atomic E-state index is -3.61. The highest BCUT2D eigenvalue weighted by molar-refractivity contribution is 7.89. The van der Waals surface area contributed by atoms with E-state index in [0.29, 0.717) is 11.4 Å². The van der Waals surface area contributed by atoms with Crippen molar-refractivity contribution in [3.8, 4) is 0 Å². The van der Waals surface area contributed by atoms with E-state index in [4.69, 9.17) is 0 Å². The van der Waals surface area contributed by atoms with Crippen LogP contribution in [0.2, 0.25) is 0 Å². The van der Waals surface area contributed by atoms with Crippen LogP contribution < -0.4 is 10.0 Å². The van der Waals surface area contributed by atoms with Crippen LogP contribution >= 0.6 is 11.3 Å². The number of aliphatic hydroxyl groups excluding tert-OH is 1. The van der Waals surface area contributed by atoms with Crippen molar-refractivity contribution in [2.45, 2.75) is 30.2 Å². The van der Waals surface area contributed by atoms with Crippen molar-refractivity contribution in [1.82, 2.24) is 14.9 Å². The quantitative estimate of drug-likeness (QED) is 0.646. The SMILES string of the molecule is CNC(=O)c1cc(S(=O)(=O)NCCN2CCCC[C@@H]2CO)cs1. The Hall–Kier alpha value is -1.00. The predicted octanol–water partition coefficient (Wildman–Crippen LogP) is 0.233. The molecular weight excluding hydrogens is 338 g/mol. The smallest absolute Gasteiger partial charge is 0.261 e. The molecule has 9 heteroatoms. The van der Waals surface area contributed by atoms with Gasteiger partial charge >= 0.3 is 0 Å². The summed E-state index contributed by atoms with van der Waals surface area (Å²) in [5.41, 5.74) is 0. The third-order valence-electron chi connectivity index (χ3n) is 3.99. The second kappa shape index (κ2) is 8.20. The number of hydrogen-bond acceptors (Lipinski definition) is 6. The van der Waals surface area contributed by atoms with E-state index in [-0.39, 0.29) is 30.0 Å². The van der Waals surface area contributed by atoms with Crippen LogP contribution in [-0.4, -0.2) is 63.7 Å². The summed E-state index contributed by atoms with van der Waals surface area (Å²) in [6.45, 7) is 1.83. The van der Waals surface area contributed by atoms with Gasteiger partial charge in [0.15, 0.2) is 0 Å². The molecule has 0 bridgehead atoms. The molecule has 1 aromatic heterocycles. The Kier molecular flexibility index (Phi) is 6.54. The van der Waals surface area contributed by atoms with Crippen molar-refractivity contribution < 1.29 is 18.3 Å². The van der Waals surface area contributed by atoms with Crippen LogP contribution in [0, 0.1) is 0 Å². The van der Waals surface area contributed by atoms with Gasteiger partial charge in [0.25, 0.3) is 5.91 Å². The summed E-state index contributed by atoms with van der Waals surface area (Å²) in [6.07, 6.45) is 3.12. The highest BCUT2D eigenvalue weighted by Crippen LogP contribution is 2.19. The number of nitrogens with zero attached hydrogens (tertiary/aromatic N) is 1. The Morgan fingerprint density at radius 2 is 2.26 bits per heavy atom. The van der Waals surface area contributed by atoms with E-state index in [1.807, 2.05) is 0 Å². The molecule has 1 aliphatic rings. The second-order valence-corrected chi connectivity index (χ2v) is 8.17. The fourth-order valence-electron chi connectivity index (χ4n) is 2.67. The summed E-state index contributed by atoms with van der Waals surface area (Å²) in [5.74, 6) is -0.296. The fraction of sp³-hybridized carbons (Fsp3) is 0.643. The van der Waals surface area contributed by atoms with Crippen molar-refractivity contribution in [1.29, 1.82) is 0 Å². The lowest BCUT2D eigenvalue weighted by atomic mass is 10.0. The molecule has 0 aromatic carbocycles. The first kappa shape index (κ1) is 18.3. The molecule has 1 fully saturated rings. The number of amides is 1. The number of thiophene rings is 1. The van der Waals surface area contributed by atoms with Crippen LogP contribution in [-0.2, 0) is 10.0 Å². The summed E-state index contributed by atoms with van der Waals surface area (Å²) in [4.78, 5) is 14.1. The molecule has 3 N–H and O–H groups in total. The number of rotatable bonds is 7. The summed E-state index contributed by atoms with van der Waals surface area (Å²) in [7, 11) is -2.11. The molecular formula is C14H23N3O4S2. The molecule has 1 amide bonds. The molecule has 0 unspecified atom stereocenters. The molecule has 130 valence electrons. The van der Waals surface area contributed by atoms with Crippen molar-refractivity contribution in [2.75, 3.05) is 33.3 Å². The molecule has 23 heavy (non-hydrogen) atoms. The summed E-state index contributed by atoms with van der Waals surface area (Å²) in [6, 6.07) is 1.50. The van der Waals surface area contributed by atoms with Crippen LogP contribution in [0.1, 0.15) is 28.9 Å². The van der Waals surface area contributed by atoms with Crippen molar-refractivity contribution in [2.24, 2.45) is 0 Å². The van der Waals surface area contributed by atoms with Gasteiger partial charge in [0.1, 0.15) is 0 Å². The number of piperidine rings is 1. The lowest BCUT2D eigenvalue weighted by Crippen LogP contribution is -2.45. The van der Waals surface area contributed by atoms with E-state index < -0.39 is 10.0 Å². The van der Waals surface area contributed by atoms with Gasteiger partial charge in [-0.25, -0.2) is 13.1 Å². The highest BCUT2D eigenvalue weighted by Gasteiger charge is 2.22. The number of nitrogens with one attached hydrogen (secondary N) is 2. The van der Waals surface area contributed by atoms with Crippen molar-refractivity contribution in [3.05, 3.63) is 16.3 Å². The molecule has 2 heterocycles. The van der Waals surface area contributed by atoms with Gasteiger partial charge in [-0.3, -0.25) is 9.69 Å². The van der Waals surface area contributed by atoms with E-state index in [2.05, 4.69) is 14.9 Å². The molecule has 1 atom stereocenters. The van der Waals surface area contributed by atoms with Crippen LogP contribution in [0.15, 0.2) is 16.3 Å². The topological polar surface area (TPSA) is 98.7 Å². The van der Waals surface area contributed by atoms with E-state index in [1.165, 1.54) is 18.5 Å². The molecule has 2 rings (SSSR count). The van der Waals surface area contributed by atoms with Gasteiger partial charge < -0.3 is 10.4 Å². The lowest BCUT2D eigenvalue weighted by Gasteiger charge is -2.34. The van der Waals surface area contributed by atoms with Gasteiger partial charge in [-0.05, 0) is 25.5 Å². The van der Waals surface area contributed by atoms with E-state index in [9.17, 15) is 18.3 Å². The summed E-state index contributed by atoms with van der Waals surface area (Å²) < 4.78 is 27.1. The Morgan fingerprint density at radius 3 is 2.96 bits per heavy atom. The minimum Gasteiger partial charge on any atom is -0.395 e. The lowest BCUT2D eigenvalue weighted by molar-refractivity contribution is 0.0923. The maximum absolute atomic E-state index is 12.2. The predicted molar refractivity (Wildman–Crippen MR) is 89.2 cm³/mol. The first-order valence-electron chi connectivity index (χ1n) is 7.63. The number of sulfonamides is 1. The normalized spacial score (nSPS) is 19.7. The maximum Gasteiger partial charge on any atom is 0.261 e. The molecule has 1 aliphatic heterocycles. The first-order chi connectivity index (χ1) is 11.0. The third-order valence-corrected chi connectivity index (χ3v) is 6.51. The average molecular weight is 361 g/mol. The largest absolute Gasteiger partial charge is 0.395 e. The maximum atomic E-state index is 12.2. The first-order valence-corrected chi connectivity index (χ1v) is 9.99. The zero-order chi connectivity index (χ0) is 16.9. The number of aliphatic hydroxyl groups is 1. The van der Waals surface area contributed by atoms with Crippen molar-refractivity contribution in [3.63, 3.8) is 0 Å². The molecule has 1 aromatic rings. The zero-order valence-corrected chi connectivity index (χ0v) is 14.8. The number of hydrogen-bond donors (Lipinski definition) is 3. The second-order valence-electron chi connectivity index (χ2n) is 5.49. The van der Waals surface area contributed by atoms with Gasteiger partial charge in [0.05, 0.1) is 16.4 Å². The highest BCUT2D eigenvalue weighted by atomic mass is 32.2. The molecule has 0 aliphatic carbocycles. The number of likely N-dealkylation sites (tertiary alicyclic amines) is 1. The zero-order valence-electron chi connectivity index (χ0n) is 13.1. The van der Waals surface area contributed by atoms with Crippen LogP contribution in [0.4, 0.5) is 0 Å². The molecule has 7 nitrogen and oxygen atoms in total. The van der Waals surface area contributed by atoms with Gasteiger partial charge in [-0.1, -0.05) is 6.42 Å². The molecule has 0 radical (unpaired) electrons. The fourth-order valence-corrected chi connectivity index (χ4v) is 4.91. The monoisotopic (exact) mass is 361 g/mol. The van der Waals surface area contributed by atoms with Crippen LogP contribution in [0.3, 0.4) is 0 Å². The summed E-state index contributed by atoms with van der Waals surface area (Å²) in [5, 5.41) is 13.3. The third kappa shape index (κ3) is 4.74. The Morgan fingerprint density at radius 1 is 1.48 bits per heavy atom. The number of carbonyl (C=O) groups excluding carboxylic acids is 1. The van der Waals surface area contributed by atoms with Gasteiger partial charge in [-0.15, -0.1) is 11.3 Å². The van der Waals surface area contributed by atoms with E-state index in [0.717, 1.165) is 37.1 Å². The van der Waals surface area contributed by atoms with E-state index >= 15 is 0 Å². The standard InChI is InChI=1S/C14H23N3O4S2/c1-15-14(19)13-8-12(10-22-13)23(20,21)16-5-7-17-6-3-2-4-11(17)9-18/h8,10-11,16,18H,2-7,9H2,1H3,(H,15,19)/t11-/m1/s1. The minimum absolute atomic E-state index is 0.104. The van der Waals surface area contributed by atoms with Gasteiger partial charge in [-0.2, -0.15) is 0 Å². The van der Waals surface area contributed by atoms with Crippen LogP contribution in [0.25, 0.3) is 0 Å². The van der Waals surface area contributed by atoms with Crippen molar-refractivity contribution >= 4 is 27.3 Å². The Balaban J connectivity index is 1.91. The van der Waals surface area contributed by atoms with Crippen LogP contribution in [0.5, 0.6) is 0 Å². The average Bonchev–Trinajstić information content (AvgIpc) is 3.05. The Labute approximate surface area is 140 Å². The van der Waals surface area contributed by atoms with Gasteiger partial charge in [0.2, 0.25) is 10.0 Å². The summed E-state index contributed by atoms with van der Waals surface area (Å²) >= 11 is 1.10. The Bertz CT molecular complexity index is 630. The molecule has 0 saturated carbocycles. The molecule has 0 spiro atoms. The number of carbonyl (C=O) groups is 1. The van der Waals surface area contributed by atoms with E-state index in [1.54, 1.807) is 0 Å². The molecule has 1 saturated heterocycles. The van der Waals surface area contributed by atoms with Gasteiger partial charge in [0, 0.05) is 31.6 Å².